The molecule has 0 amide bonds. The average molecular weight is 228 g/mol. The van der Waals surface area contributed by atoms with Crippen LogP contribution in [0.5, 0.6) is 0 Å². The largest absolute Gasteiger partial charge is 0.382 e. The van der Waals surface area contributed by atoms with E-state index in [9.17, 15) is 0 Å². The molecule has 90 valence electrons. The molecule has 5 rings (SSSR count). The number of nitrogens with one attached hydrogen (secondary N) is 1. The first-order valence-electron chi connectivity index (χ1n) is 7.05. The molecule has 1 N–H and O–H groups in total. The van der Waals surface area contributed by atoms with Gasteiger partial charge in [-0.2, -0.15) is 0 Å². The molecule has 2 heteroatoms. The van der Waals surface area contributed by atoms with E-state index in [1.807, 2.05) is 12.4 Å². The normalized spacial score (nSPS) is 42.7. The van der Waals surface area contributed by atoms with E-state index in [1.165, 1.54) is 37.8 Å². The maximum absolute atomic E-state index is 4.09. The number of aromatic nitrogens is 1. The number of hydrogen-bond acceptors (Lipinski definition) is 2. The number of nitrogens with zero attached hydrogens (tertiary/aromatic N) is 1. The minimum Gasteiger partial charge on any atom is -0.382 e. The molecule has 0 spiro atoms. The van der Waals surface area contributed by atoms with Gasteiger partial charge in [-0.3, -0.25) is 4.98 Å². The van der Waals surface area contributed by atoms with Crippen LogP contribution in [0.25, 0.3) is 0 Å². The van der Waals surface area contributed by atoms with Crippen molar-refractivity contribution in [2.24, 2.45) is 23.7 Å². The summed E-state index contributed by atoms with van der Waals surface area (Å²) in [7, 11) is 0. The molecule has 1 aromatic heterocycles. The summed E-state index contributed by atoms with van der Waals surface area (Å²) in [6.07, 6.45) is 11.2. The van der Waals surface area contributed by atoms with E-state index >= 15 is 0 Å². The van der Waals surface area contributed by atoms with E-state index in [4.69, 9.17) is 0 Å². The zero-order chi connectivity index (χ0) is 11.2. The summed E-state index contributed by atoms with van der Waals surface area (Å²) >= 11 is 0. The van der Waals surface area contributed by atoms with Crippen molar-refractivity contribution >= 4 is 5.69 Å². The first-order chi connectivity index (χ1) is 8.38. The minimum absolute atomic E-state index is 0.741. The van der Waals surface area contributed by atoms with Crippen LogP contribution in [0, 0.1) is 23.7 Å². The molecule has 0 saturated heterocycles. The molecular weight excluding hydrogens is 208 g/mol. The van der Waals surface area contributed by atoms with Gasteiger partial charge in [-0.1, -0.05) is 0 Å². The summed E-state index contributed by atoms with van der Waals surface area (Å²) < 4.78 is 0. The van der Waals surface area contributed by atoms with Crippen LogP contribution in [0.4, 0.5) is 5.69 Å². The van der Waals surface area contributed by atoms with Gasteiger partial charge in [0.15, 0.2) is 0 Å². The van der Waals surface area contributed by atoms with Crippen LogP contribution >= 0.6 is 0 Å². The van der Waals surface area contributed by atoms with Gasteiger partial charge >= 0.3 is 0 Å². The van der Waals surface area contributed by atoms with E-state index < -0.39 is 0 Å². The average Bonchev–Trinajstić information content (AvgIpc) is 2.34. The van der Waals surface area contributed by atoms with E-state index in [0.717, 1.165) is 29.7 Å². The van der Waals surface area contributed by atoms with Crippen molar-refractivity contribution in [3.8, 4) is 0 Å². The number of anilines is 1. The van der Waals surface area contributed by atoms with Gasteiger partial charge < -0.3 is 5.32 Å². The van der Waals surface area contributed by atoms with Crippen LogP contribution in [-0.2, 0) is 0 Å². The highest BCUT2D eigenvalue weighted by Crippen LogP contribution is 2.54. The van der Waals surface area contributed by atoms with Crippen LogP contribution < -0.4 is 5.32 Å². The van der Waals surface area contributed by atoms with Crippen LogP contribution in [0.3, 0.4) is 0 Å². The second-order valence-corrected chi connectivity index (χ2v) is 6.34. The molecule has 4 aliphatic rings. The topological polar surface area (TPSA) is 24.9 Å². The van der Waals surface area contributed by atoms with Crippen molar-refractivity contribution < 1.29 is 0 Å². The summed E-state index contributed by atoms with van der Waals surface area (Å²) in [5.41, 5.74) is 1.26. The van der Waals surface area contributed by atoms with E-state index in [-0.39, 0.29) is 0 Å². The summed E-state index contributed by atoms with van der Waals surface area (Å²) in [6, 6.07) is 4.95. The maximum atomic E-state index is 4.09. The molecule has 2 nitrogen and oxygen atoms in total. The van der Waals surface area contributed by atoms with Crippen molar-refractivity contribution in [1.29, 1.82) is 0 Å². The quantitative estimate of drug-likeness (QED) is 0.840. The van der Waals surface area contributed by atoms with Gasteiger partial charge in [-0.15, -0.1) is 0 Å². The fourth-order valence-corrected chi connectivity index (χ4v) is 4.80. The van der Waals surface area contributed by atoms with Gasteiger partial charge in [0.25, 0.3) is 0 Å². The minimum atomic E-state index is 0.741. The standard InChI is InChI=1S/C15H20N2/c1-3-16-4-2-14(1)17-15-12-6-10-5-11(8-12)9-13(15)7-10/h1-4,10-13,15H,5-9H2,(H,16,17). The van der Waals surface area contributed by atoms with Crippen molar-refractivity contribution in [3.05, 3.63) is 24.5 Å². The predicted octanol–water partition coefficient (Wildman–Crippen LogP) is 3.32. The van der Waals surface area contributed by atoms with Gasteiger partial charge in [0.1, 0.15) is 0 Å². The first kappa shape index (κ1) is 9.93. The molecule has 0 radical (unpaired) electrons. The Morgan fingerprint density at radius 3 is 2.06 bits per heavy atom. The lowest BCUT2D eigenvalue weighted by atomic mass is 9.54. The smallest absolute Gasteiger partial charge is 0.0373 e. The third kappa shape index (κ3) is 1.65. The predicted molar refractivity (Wildman–Crippen MR) is 68.7 cm³/mol. The highest BCUT2D eigenvalue weighted by atomic mass is 15.0. The third-order valence-electron chi connectivity index (χ3n) is 5.24. The molecule has 4 fully saturated rings. The van der Waals surface area contributed by atoms with Crippen LogP contribution in [0.1, 0.15) is 32.1 Å². The Hall–Kier alpha value is -1.05. The van der Waals surface area contributed by atoms with Gasteiger partial charge in [0.05, 0.1) is 0 Å². The second kappa shape index (κ2) is 3.72. The van der Waals surface area contributed by atoms with Gasteiger partial charge in [-0.25, -0.2) is 0 Å². The third-order valence-corrected chi connectivity index (χ3v) is 5.24. The molecule has 0 aromatic carbocycles. The zero-order valence-electron chi connectivity index (χ0n) is 10.2. The van der Waals surface area contributed by atoms with Crippen molar-refractivity contribution in [2.75, 3.05) is 5.32 Å². The number of hydrogen-bond donors (Lipinski definition) is 1. The van der Waals surface area contributed by atoms with Crippen LogP contribution in [0.15, 0.2) is 24.5 Å². The fourth-order valence-electron chi connectivity index (χ4n) is 4.80. The highest BCUT2D eigenvalue weighted by molar-refractivity contribution is 5.42. The molecule has 0 atom stereocenters. The van der Waals surface area contributed by atoms with Gasteiger partial charge in [-0.05, 0) is 67.9 Å². The Labute approximate surface area is 103 Å². The molecule has 1 aromatic rings. The summed E-state index contributed by atoms with van der Waals surface area (Å²) in [5.74, 6) is 4.01. The molecule has 4 saturated carbocycles. The second-order valence-electron chi connectivity index (χ2n) is 6.34. The molecular formula is C15H20N2. The van der Waals surface area contributed by atoms with Crippen LogP contribution in [-0.4, -0.2) is 11.0 Å². The Morgan fingerprint density at radius 2 is 1.47 bits per heavy atom. The Morgan fingerprint density at radius 1 is 0.882 bits per heavy atom. The van der Waals surface area contributed by atoms with E-state index in [1.54, 1.807) is 0 Å². The van der Waals surface area contributed by atoms with Crippen molar-refractivity contribution in [1.82, 2.24) is 4.98 Å². The zero-order valence-corrected chi connectivity index (χ0v) is 10.2. The lowest BCUT2D eigenvalue weighted by Crippen LogP contribution is -2.51. The van der Waals surface area contributed by atoms with Crippen LogP contribution in [0.2, 0.25) is 0 Å². The fraction of sp³-hybridized carbons (Fsp3) is 0.667. The Bertz CT molecular complexity index is 373. The SMILES string of the molecule is c1cc(NC2C3CC4CC(C3)CC2C4)ccn1. The molecule has 4 aliphatic carbocycles. The van der Waals surface area contributed by atoms with Crippen molar-refractivity contribution in [2.45, 2.75) is 38.1 Å². The lowest BCUT2D eigenvalue weighted by molar-refractivity contribution is 0.00754. The number of rotatable bonds is 2. The molecule has 0 aliphatic heterocycles. The molecule has 0 unspecified atom stereocenters. The maximum Gasteiger partial charge on any atom is 0.0373 e. The Balaban J connectivity index is 1.55. The summed E-state index contributed by atoms with van der Waals surface area (Å²) in [4.78, 5) is 4.09. The number of pyridine rings is 1. The summed E-state index contributed by atoms with van der Waals surface area (Å²) in [6.45, 7) is 0. The highest BCUT2D eigenvalue weighted by Gasteiger charge is 2.48. The van der Waals surface area contributed by atoms with E-state index in [0.29, 0.717) is 0 Å². The monoisotopic (exact) mass is 228 g/mol. The van der Waals surface area contributed by atoms with Gasteiger partial charge in [0.2, 0.25) is 0 Å². The van der Waals surface area contributed by atoms with Gasteiger partial charge in [0, 0.05) is 24.1 Å². The molecule has 1 heterocycles. The lowest BCUT2D eigenvalue weighted by Gasteiger charge is -2.54. The molecule has 4 bridgehead atoms. The molecule has 17 heavy (non-hydrogen) atoms. The van der Waals surface area contributed by atoms with Crippen molar-refractivity contribution in [3.63, 3.8) is 0 Å². The van der Waals surface area contributed by atoms with E-state index in [2.05, 4.69) is 22.4 Å². The summed E-state index contributed by atoms with van der Waals surface area (Å²) in [5, 5.41) is 3.78. The Kier molecular flexibility index (Phi) is 2.17. The first-order valence-corrected chi connectivity index (χ1v) is 7.05.